The van der Waals surface area contributed by atoms with E-state index in [1.807, 2.05) is 0 Å². The molecule has 12 nitrogen and oxygen atoms in total. The molecule has 4 rings (SSSR count). The molecule has 3 aliphatic carbocycles. The van der Waals surface area contributed by atoms with E-state index in [1.165, 1.54) is 6.07 Å². The predicted molar refractivity (Wildman–Crippen MR) is 110 cm³/mol. The number of anilines is 2. The maximum Gasteiger partial charge on any atom is 0.255 e. The lowest BCUT2D eigenvalue weighted by molar-refractivity contribution is -0.150. The summed E-state index contributed by atoms with van der Waals surface area (Å²) in [6, 6.07) is -0.115. The number of hydrogen-bond acceptors (Lipinski definition) is 11. The number of phenols is 1. The van der Waals surface area contributed by atoms with Crippen LogP contribution in [0.4, 0.5) is 11.4 Å². The van der Waals surface area contributed by atoms with Crippen molar-refractivity contribution >= 4 is 34.6 Å². The number of aromatic hydroxyl groups is 1. The molecule has 4 atom stereocenters. The van der Waals surface area contributed by atoms with Crippen molar-refractivity contribution in [2.75, 3.05) is 18.2 Å². The number of carbonyl (C=O) groups is 3. The van der Waals surface area contributed by atoms with E-state index in [1.54, 1.807) is 0 Å². The van der Waals surface area contributed by atoms with Gasteiger partial charge >= 0.3 is 0 Å². The number of carbonyl (C=O) groups excluding carboxylic acids is 3. The van der Waals surface area contributed by atoms with Crippen LogP contribution in [0, 0.1) is 11.8 Å². The van der Waals surface area contributed by atoms with E-state index >= 15 is 0 Å². The molecule has 1 saturated carbocycles. The summed E-state index contributed by atoms with van der Waals surface area (Å²) in [5.41, 5.74) is 13.0. The van der Waals surface area contributed by atoms with E-state index in [9.17, 15) is 39.9 Å². The number of ketones is 2. The third-order valence-electron chi connectivity index (χ3n) is 6.57. The maximum absolute atomic E-state index is 13.5. The third-order valence-corrected chi connectivity index (χ3v) is 6.57. The summed E-state index contributed by atoms with van der Waals surface area (Å²) in [5, 5.41) is 55.0. The van der Waals surface area contributed by atoms with Crippen LogP contribution in [0.1, 0.15) is 17.5 Å². The first-order valence-corrected chi connectivity index (χ1v) is 9.69. The number of aliphatic hydroxyl groups excluding tert-OH is 3. The summed E-state index contributed by atoms with van der Waals surface area (Å²) < 4.78 is 0. The highest BCUT2D eigenvalue weighted by Crippen LogP contribution is 2.53. The standard InChI is InChI=1S/C20H22N4O8/c21-8-3-9(22)14(26)11-6(8)1-5-2-7-13(24-4-25)16(28)12(19(23)31)18(30)20(7,32)17(29)10(5)15(11)27/h3,5,7,13,24-27,30,32H,1-2,4,21-22H2,(H2,23,31)/t5-,7-,13+,20-/m0/s1. The van der Waals surface area contributed by atoms with Crippen molar-refractivity contribution < 1.29 is 39.9 Å². The van der Waals surface area contributed by atoms with Gasteiger partial charge in [0.1, 0.15) is 22.8 Å². The lowest BCUT2D eigenvalue weighted by Crippen LogP contribution is -2.66. The average molecular weight is 446 g/mol. The fraction of sp³-hybridized carbons (Fsp3) is 0.350. The number of fused-ring (bicyclic) bond motifs is 3. The van der Waals surface area contributed by atoms with Gasteiger partial charge in [-0.15, -0.1) is 0 Å². The summed E-state index contributed by atoms with van der Waals surface area (Å²) in [5.74, 6) is -7.99. The predicted octanol–water partition coefficient (Wildman–Crippen LogP) is -1.89. The van der Waals surface area contributed by atoms with Crippen molar-refractivity contribution in [2.24, 2.45) is 17.6 Å². The van der Waals surface area contributed by atoms with Crippen LogP contribution in [0.3, 0.4) is 0 Å². The number of rotatable bonds is 3. The zero-order chi connectivity index (χ0) is 23.7. The zero-order valence-corrected chi connectivity index (χ0v) is 16.6. The van der Waals surface area contributed by atoms with Gasteiger partial charge in [-0.2, -0.15) is 0 Å². The number of nitrogens with two attached hydrogens (primary N) is 3. The van der Waals surface area contributed by atoms with E-state index in [2.05, 4.69) is 5.32 Å². The maximum atomic E-state index is 13.5. The van der Waals surface area contributed by atoms with Crippen LogP contribution in [0.25, 0.3) is 5.76 Å². The highest BCUT2D eigenvalue weighted by atomic mass is 16.3. The SMILES string of the molecule is NC(=O)C1=C(O)[C@@]2(O)C(=O)C3=C(O)c4c(O)c(N)cc(N)c4C[C@H]3C[C@H]2[C@@H](NCO)C1=O. The highest BCUT2D eigenvalue weighted by Gasteiger charge is 2.63. The zero-order valence-electron chi connectivity index (χ0n) is 16.6. The van der Waals surface area contributed by atoms with Gasteiger partial charge in [-0.25, -0.2) is 0 Å². The fourth-order valence-electron chi connectivity index (χ4n) is 5.13. The Morgan fingerprint density at radius 1 is 1.19 bits per heavy atom. The second-order valence-corrected chi connectivity index (χ2v) is 8.15. The summed E-state index contributed by atoms with van der Waals surface area (Å²) >= 11 is 0. The van der Waals surface area contributed by atoms with E-state index < -0.39 is 70.5 Å². The number of hydrogen-bond donors (Lipinski definition) is 9. The fourth-order valence-corrected chi connectivity index (χ4v) is 5.13. The second kappa shape index (κ2) is 6.95. The van der Waals surface area contributed by atoms with Crippen molar-refractivity contribution in [3.63, 3.8) is 0 Å². The van der Waals surface area contributed by atoms with E-state index in [0.29, 0.717) is 5.56 Å². The van der Waals surface area contributed by atoms with Gasteiger partial charge in [0.15, 0.2) is 11.4 Å². The number of nitrogens with one attached hydrogen (secondary N) is 1. The number of phenolic OH excluding ortho intramolecular Hbond substituents is 1. The van der Waals surface area contributed by atoms with Crippen LogP contribution in [0.5, 0.6) is 5.75 Å². The summed E-state index contributed by atoms with van der Waals surface area (Å²) in [7, 11) is 0. The van der Waals surface area contributed by atoms with Crippen molar-refractivity contribution in [1.29, 1.82) is 0 Å². The smallest absolute Gasteiger partial charge is 0.255 e. The Morgan fingerprint density at radius 2 is 1.84 bits per heavy atom. The molecule has 12 heteroatoms. The lowest BCUT2D eigenvalue weighted by atomic mass is 9.57. The average Bonchev–Trinajstić information content (AvgIpc) is 2.71. The molecule has 0 bridgehead atoms. The molecule has 1 aromatic rings. The van der Waals surface area contributed by atoms with Crippen molar-refractivity contribution in [2.45, 2.75) is 24.5 Å². The summed E-state index contributed by atoms with van der Waals surface area (Å²) in [6.07, 6.45) is -0.0644. The minimum Gasteiger partial charge on any atom is -0.508 e. The molecule has 0 radical (unpaired) electrons. The van der Waals surface area contributed by atoms with Crippen LogP contribution in [0.2, 0.25) is 0 Å². The molecule has 0 aromatic heterocycles. The van der Waals surface area contributed by atoms with Gasteiger partial charge in [-0.3, -0.25) is 19.7 Å². The molecule has 1 aromatic carbocycles. The first-order chi connectivity index (χ1) is 15.0. The monoisotopic (exact) mass is 446 g/mol. The van der Waals surface area contributed by atoms with Crippen LogP contribution in [-0.2, 0) is 20.8 Å². The highest BCUT2D eigenvalue weighted by molar-refractivity contribution is 6.24. The number of primary amides is 1. The van der Waals surface area contributed by atoms with Gasteiger partial charge in [0.25, 0.3) is 5.91 Å². The Hall–Kier alpha value is -3.61. The minimum absolute atomic E-state index is 0.0555. The molecule has 170 valence electrons. The molecule has 1 fully saturated rings. The first-order valence-electron chi connectivity index (χ1n) is 9.69. The van der Waals surface area contributed by atoms with Crippen molar-refractivity contribution in [1.82, 2.24) is 5.32 Å². The number of amides is 1. The number of Topliss-reactive ketones (excluding diaryl/α,β-unsaturated/α-hetero) is 2. The van der Waals surface area contributed by atoms with Crippen molar-refractivity contribution in [3.8, 4) is 5.75 Å². The largest absolute Gasteiger partial charge is 0.508 e. The van der Waals surface area contributed by atoms with E-state index in [0.717, 1.165) is 0 Å². The number of aliphatic hydroxyl groups is 4. The van der Waals surface area contributed by atoms with Gasteiger partial charge in [-0.1, -0.05) is 0 Å². The van der Waals surface area contributed by atoms with Gasteiger partial charge in [0, 0.05) is 17.2 Å². The van der Waals surface area contributed by atoms with Crippen molar-refractivity contribution in [3.05, 3.63) is 34.1 Å². The summed E-state index contributed by atoms with van der Waals surface area (Å²) in [6.45, 7) is -0.731. The number of benzene rings is 1. The van der Waals surface area contributed by atoms with Crippen LogP contribution in [0.15, 0.2) is 23.0 Å². The van der Waals surface area contributed by atoms with E-state index in [4.69, 9.17) is 17.2 Å². The Balaban J connectivity index is 1.98. The quantitative estimate of drug-likeness (QED) is 0.0816. The Labute approximate surface area is 180 Å². The topological polar surface area (TPSA) is 242 Å². The first kappa shape index (κ1) is 21.6. The molecular weight excluding hydrogens is 424 g/mol. The molecule has 0 saturated heterocycles. The Bertz CT molecular complexity index is 1160. The van der Waals surface area contributed by atoms with Gasteiger partial charge < -0.3 is 42.7 Å². The Morgan fingerprint density at radius 3 is 2.44 bits per heavy atom. The molecule has 0 spiro atoms. The van der Waals surface area contributed by atoms with Gasteiger partial charge in [-0.05, 0) is 30.4 Å². The molecule has 32 heavy (non-hydrogen) atoms. The van der Waals surface area contributed by atoms with Crippen LogP contribution < -0.4 is 22.5 Å². The molecular formula is C20H22N4O8. The Kier molecular flexibility index (Phi) is 4.69. The lowest BCUT2D eigenvalue weighted by Gasteiger charge is -2.49. The van der Waals surface area contributed by atoms with Crippen LogP contribution >= 0.6 is 0 Å². The molecule has 0 heterocycles. The molecule has 0 unspecified atom stereocenters. The molecule has 0 aliphatic heterocycles. The minimum atomic E-state index is -2.79. The van der Waals surface area contributed by atoms with Gasteiger partial charge in [0.2, 0.25) is 5.78 Å². The number of nitrogen functional groups attached to an aromatic ring is 2. The third kappa shape index (κ3) is 2.57. The molecule has 1 amide bonds. The van der Waals surface area contributed by atoms with Gasteiger partial charge in [0.05, 0.1) is 24.0 Å². The molecule has 12 N–H and O–H groups in total. The summed E-state index contributed by atoms with van der Waals surface area (Å²) in [4.78, 5) is 38.1. The normalized spacial score (nSPS) is 29.5. The van der Waals surface area contributed by atoms with E-state index in [-0.39, 0.29) is 35.4 Å². The molecule has 3 aliphatic rings. The van der Waals surface area contributed by atoms with Crippen LogP contribution in [-0.4, -0.2) is 61.4 Å². The second-order valence-electron chi connectivity index (χ2n) is 8.15.